The highest BCUT2D eigenvalue weighted by Crippen LogP contribution is 2.11. The molecule has 0 saturated carbocycles. The van der Waals surface area contributed by atoms with Crippen LogP contribution in [0, 0.1) is 0 Å². The predicted molar refractivity (Wildman–Crippen MR) is 78.2 cm³/mol. The Hall–Kier alpha value is -2.29. The Balaban J connectivity index is 2.70. The summed E-state index contributed by atoms with van der Waals surface area (Å²) in [6.07, 6.45) is 5.50. The van der Waals surface area contributed by atoms with Crippen LogP contribution in [0.15, 0.2) is 60.3 Å². The second-order valence-corrected chi connectivity index (χ2v) is 4.15. The quantitative estimate of drug-likeness (QED) is 0.820. The van der Waals surface area contributed by atoms with Crippen molar-refractivity contribution in [2.24, 2.45) is 0 Å². The first-order valence-corrected chi connectivity index (χ1v) is 6.00. The summed E-state index contributed by atoms with van der Waals surface area (Å²) in [5, 5.41) is 2.82. The van der Waals surface area contributed by atoms with Crippen molar-refractivity contribution in [3.05, 3.63) is 65.9 Å². The van der Waals surface area contributed by atoms with Gasteiger partial charge in [-0.05, 0) is 44.2 Å². The molecule has 0 unspecified atom stereocenters. The van der Waals surface area contributed by atoms with E-state index in [2.05, 4.69) is 11.9 Å². The normalized spacial score (nSPS) is 11.9. The minimum atomic E-state index is -0.138. The molecule has 3 heteroatoms. The Morgan fingerprint density at radius 2 is 1.84 bits per heavy atom. The molecule has 0 radical (unpaired) electrons. The number of methoxy groups -OCH3 is 1. The number of amides is 1. The molecule has 1 amide bonds. The number of benzene rings is 1. The van der Waals surface area contributed by atoms with Gasteiger partial charge in [0.25, 0.3) is 5.91 Å². The van der Waals surface area contributed by atoms with E-state index >= 15 is 0 Å². The van der Waals surface area contributed by atoms with Crippen LogP contribution in [0.4, 0.5) is 0 Å². The van der Waals surface area contributed by atoms with Gasteiger partial charge in [-0.1, -0.05) is 24.3 Å². The van der Waals surface area contributed by atoms with Crippen molar-refractivity contribution in [2.75, 3.05) is 7.11 Å². The number of carbonyl (C=O) groups excluding carboxylic acids is 1. The summed E-state index contributed by atoms with van der Waals surface area (Å²) >= 11 is 0. The first-order chi connectivity index (χ1) is 9.06. The van der Waals surface area contributed by atoms with Crippen molar-refractivity contribution in [1.82, 2.24) is 5.32 Å². The zero-order chi connectivity index (χ0) is 14.3. The smallest absolute Gasteiger partial charge is 0.255 e. The van der Waals surface area contributed by atoms with E-state index < -0.39 is 0 Å². The standard InChI is InChI=1S/C16H19NO2/c1-5-12(2)6-7-13(3)17-16(18)14-8-10-15(19-4)11-9-14/h5-11H,1H2,2-4H3,(H,17,18)/b12-6-,13-7+. The lowest BCUT2D eigenvalue weighted by atomic mass is 10.2. The van der Waals surface area contributed by atoms with E-state index in [-0.39, 0.29) is 5.91 Å². The Kier molecular flexibility index (Phi) is 5.61. The fourth-order valence-electron chi connectivity index (χ4n) is 1.36. The first-order valence-electron chi connectivity index (χ1n) is 6.00. The SMILES string of the molecule is C=C/C(C)=C\C=C(/C)NC(=O)c1ccc(OC)cc1. The highest BCUT2D eigenvalue weighted by molar-refractivity contribution is 5.95. The van der Waals surface area contributed by atoms with Crippen LogP contribution >= 0.6 is 0 Å². The molecule has 1 rings (SSSR count). The van der Waals surface area contributed by atoms with E-state index in [4.69, 9.17) is 4.74 Å². The van der Waals surface area contributed by atoms with Gasteiger partial charge >= 0.3 is 0 Å². The first kappa shape index (κ1) is 14.8. The van der Waals surface area contributed by atoms with Gasteiger partial charge in [-0.2, -0.15) is 0 Å². The van der Waals surface area contributed by atoms with Gasteiger partial charge in [-0.15, -0.1) is 0 Å². The van der Waals surface area contributed by atoms with E-state index in [0.29, 0.717) is 5.56 Å². The van der Waals surface area contributed by atoms with Crippen LogP contribution in [0.2, 0.25) is 0 Å². The highest BCUT2D eigenvalue weighted by Gasteiger charge is 2.05. The van der Waals surface area contributed by atoms with Crippen LogP contribution in [0.25, 0.3) is 0 Å². The maximum Gasteiger partial charge on any atom is 0.255 e. The predicted octanol–water partition coefficient (Wildman–Crippen LogP) is 3.46. The average molecular weight is 257 g/mol. The van der Waals surface area contributed by atoms with Gasteiger partial charge in [0, 0.05) is 11.3 Å². The third kappa shape index (κ3) is 4.84. The molecule has 0 spiro atoms. The van der Waals surface area contributed by atoms with Crippen LogP contribution in [0.1, 0.15) is 24.2 Å². The number of allylic oxidation sites excluding steroid dienone is 5. The van der Waals surface area contributed by atoms with Gasteiger partial charge in [0.15, 0.2) is 0 Å². The lowest BCUT2D eigenvalue weighted by Gasteiger charge is -2.05. The molecule has 1 N–H and O–H groups in total. The van der Waals surface area contributed by atoms with Gasteiger partial charge < -0.3 is 10.1 Å². The monoisotopic (exact) mass is 257 g/mol. The summed E-state index contributed by atoms with van der Waals surface area (Å²) in [7, 11) is 1.59. The van der Waals surface area contributed by atoms with Crippen molar-refractivity contribution < 1.29 is 9.53 Å². The second-order valence-electron chi connectivity index (χ2n) is 4.15. The minimum absolute atomic E-state index is 0.138. The summed E-state index contributed by atoms with van der Waals surface area (Å²) < 4.78 is 5.05. The third-order valence-electron chi connectivity index (χ3n) is 2.58. The van der Waals surface area contributed by atoms with Crippen LogP contribution in [0.3, 0.4) is 0 Å². The third-order valence-corrected chi connectivity index (χ3v) is 2.58. The van der Waals surface area contributed by atoms with Crippen LogP contribution in [-0.2, 0) is 0 Å². The van der Waals surface area contributed by atoms with E-state index in [1.807, 2.05) is 26.0 Å². The molecule has 0 saturated heterocycles. The molecular weight excluding hydrogens is 238 g/mol. The number of carbonyl (C=O) groups is 1. The zero-order valence-electron chi connectivity index (χ0n) is 11.6. The Morgan fingerprint density at radius 1 is 1.21 bits per heavy atom. The van der Waals surface area contributed by atoms with Crippen molar-refractivity contribution in [2.45, 2.75) is 13.8 Å². The molecule has 0 aliphatic rings. The number of ether oxygens (including phenoxy) is 1. The molecule has 1 aromatic carbocycles. The molecule has 0 heterocycles. The molecule has 1 aromatic rings. The lowest BCUT2D eigenvalue weighted by Crippen LogP contribution is -2.21. The molecule has 100 valence electrons. The molecule has 0 aliphatic heterocycles. The molecular formula is C16H19NO2. The van der Waals surface area contributed by atoms with Gasteiger partial charge in [0.1, 0.15) is 5.75 Å². The molecule has 0 aliphatic carbocycles. The fourth-order valence-corrected chi connectivity index (χ4v) is 1.36. The van der Waals surface area contributed by atoms with Gasteiger partial charge in [0.2, 0.25) is 0 Å². The maximum absolute atomic E-state index is 11.9. The van der Waals surface area contributed by atoms with Crippen molar-refractivity contribution in [3.8, 4) is 5.75 Å². The van der Waals surface area contributed by atoms with Crippen LogP contribution in [0.5, 0.6) is 5.75 Å². The zero-order valence-corrected chi connectivity index (χ0v) is 11.6. The van der Waals surface area contributed by atoms with E-state index in [0.717, 1.165) is 17.0 Å². The van der Waals surface area contributed by atoms with Crippen molar-refractivity contribution in [1.29, 1.82) is 0 Å². The van der Waals surface area contributed by atoms with E-state index in [9.17, 15) is 4.79 Å². The topological polar surface area (TPSA) is 38.3 Å². The Bertz CT molecular complexity index is 510. The summed E-state index contributed by atoms with van der Waals surface area (Å²) in [6, 6.07) is 6.98. The minimum Gasteiger partial charge on any atom is -0.497 e. The van der Waals surface area contributed by atoms with Crippen molar-refractivity contribution in [3.63, 3.8) is 0 Å². The Labute approximate surface area is 114 Å². The summed E-state index contributed by atoms with van der Waals surface area (Å²) in [4.78, 5) is 11.9. The molecule has 3 nitrogen and oxygen atoms in total. The number of rotatable bonds is 5. The van der Waals surface area contributed by atoms with Gasteiger partial charge in [0.05, 0.1) is 7.11 Å². The summed E-state index contributed by atoms with van der Waals surface area (Å²) in [5.74, 6) is 0.592. The average Bonchev–Trinajstić information content (AvgIpc) is 2.44. The van der Waals surface area contributed by atoms with E-state index in [1.165, 1.54) is 0 Å². The highest BCUT2D eigenvalue weighted by atomic mass is 16.5. The van der Waals surface area contributed by atoms with Gasteiger partial charge in [-0.3, -0.25) is 4.79 Å². The van der Waals surface area contributed by atoms with E-state index in [1.54, 1.807) is 37.5 Å². The summed E-state index contributed by atoms with van der Waals surface area (Å²) in [6.45, 7) is 7.45. The van der Waals surface area contributed by atoms with Crippen LogP contribution in [-0.4, -0.2) is 13.0 Å². The molecule has 19 heavy (non-hydrogen) atoms. The second kappa shape index (κ2) is 7.21. The fraction of sp³-hybridized carbons (Fsp3) is 0.188. The number of hydrogen-bond acceptors (Lipinski definition) is 2. The maximum atomic E-state index is 11.9. The summed E-state index contributed by atoms with van der Waals surface area (Å²) in [5.41, 5.74) is 2.41. The largest absolute Gasteiger partial charge is 0.497 e. The molecule has 0 bridgehead atoms. The number of nitrogens with one attached hydrogen (secondary N) is 1. The molecule has 0 fully saturated rings. The van der Waals surface area contributed by atoms with Crippen molar-refractivity contribution >= 4 is 5.91 Å². The number of hydrogen-bond donors (Lipinski definition) is 1. The van der Waals surface area contributed by atoms with Crippen LogP contribution < -0.4 is 10.1 Å². The lowest BCUT2D eigenvalue weighted by molar-refractivity contribution is 0.0966. The molecule has 0 aromatic heterocycles. The Morgan fingerprint density at radius 3 is 2.37 bits per heavy atom. The van der Waals surface area contributed by atoms with Gasteiger partial charge in [-0.25, -0.2) is 0 Å². The molecule has 0 atom stereocenters.